The van der Waals surface area contributed by atoms with Crippen molar-refractivity contribution in [1.29, 1.82) is 0 Å². The Bertz CT molecular complexity index is 543. The van der Waals surface area contributed by atoms with E-state index in [2.05, 4.69) is 0 Å². The molecule has 0 radical (unpaired) electrons. The first kappa shape index (κ1) is 9.93. The zero-order valence-corrected chi connectivity index (χ0v) is 8.25. The summed E-state index contributed by atoms with van der Waals surface area (Å²) in [4.78, 5) is 10.9. The Morgan fingerprint density at radius 1 is 1.27 bits per heavy atom. The van der Waals surface area contributed by atoms with Gasteiger partial charge in [-0.3, -0.25) is 0 Å². The summed E-state index contributed by atoms with van der Waals surface area (Å²) < 4.78 is 13.4. The van der Waals surface area contributed by atoms with Gasteiger partial charge in [0.2, 0.25) is 0 Å². The average Bonchev–Trinajstić information content (AvgIpc) is 2.17. The Labute approximate surface area is 89.9 Å². The fourth-order valence-corrected chi connectivity index (χ4v) is 1.77. The number of carbonyl (C=O) groups is 1. The molecular formula is C11H6ClFO2. The van der Waals surface area contributed by atoms with Gasteiger partial charge in [0.15, 0.2) is 0 Å². The molecule has 1 N–H and O–H groups in total. The molecule has 0 amide bonds. The van der Waals surface area contributed by atoms with E-state index >= 15 is 0 Å². The summed E-state index contributed by atoms with van der Waals surface area (Å²) in [5.74, 6) is -1.61. The molecule has 0 saturated heterocycles. The molecule has 2 nitrogen and oxygen atoms in total. The number of rotatable bonds is 1. The van der Waals surface area contributed by atoms with Crippen LogP contribution in [-0.2, 0) is 0 Å². The van der Waals surface area contributed by atoms with Gasteiger partial charge in [0.1, 0.15) is 5.82 Å². The third-order valence-corrected chi connectivity index (χ3v) is 2.48. The standard InChI is InChI=1S/C11H6ClFO2/c12-8-3-1-2-6-7(11(14)15)4-5-9(13)10(6)8/h1-5H,(H,14,15). The second-order valence-corrected chi connectivity index (χ2v) is 3.47. The highest BCUT2D eigenvalue weighted by atomic mass is 35.5. The van der Waals surface area contributed by atoms with Gasteiger partial charge in [-0.25, -0.2) is 9.18 Å². The van der Waals surface area contributed by atoms with Crippen LogP contribution in [0, 0.1) is 5.82 Å². The van der Waals surface area contributed by atoms with E-state index in [0.717, 1.165) is 6.07 Å². The molecule has 0 unspecified atom stereocenters. The molecule has 0 aliphatic heterocycles. The highest BCUT2D eigenvalue weighted by molar-refractivity contribution is 6.36. The highest BCUT2D eigenvalue weighted by Gasteiger charge is 2.12. The minimum absolute atomic E-state index is 0.0499. The van der Waals surface area contributed by atoms with E-state index in [9.17, 15) is 9.18 Å². The lowest BCUT2D eigenvalue weighted by Gasteiger charge is -2.04. The fraction of sp³-hybridized carbons (Fsp3) is 0. The predicted octanol–water partition coefficient (Wildman–Crippen LogP) is 3.33. The fourth-order valence-electron chi connectivity index (χ4n) is 1.51. The van der Waals surface area contributed by atoms with E-state index in [1.54, 1.807) is 6.07 Å². The summed E-state index contributed by atoms with van der Waals surface area (Å²) in [5, 5.41) is 9.58. The summed E-state index contributed by atoms with van der Waals surface area (Å²) in [5.41, 5.74) is 0.0499. The Morgan fingerprint density at radius 3 is 2.67 bits per heavy atom. The first-order valence-electron chi connectivity index (χ1n) is 4.21. The zero-order chi connectivity index (χ0) is 11.0. The third kappa shape index (κ3) is 1.55. The molecule has 0 bridgehead atoms. The molecular weight excluding hydrogens is 219 g/mol. The number of aromatic carboxylic acids is 1. The molecule has 0 fully saturated rings. The van der Waals surface area contributed by atoms with Gasteiger partial charge in [0.05, 0.1) is 10.6 Å². The maximum Gasteiger partial charge on any atom is 0.336 e. The van der Waals surface area contributed by atoms with Gasteiger partial charge in [0, 0.05) is 10.8 Å². The van der Waals surface area contributed by atoms with Crippen molar-refractivity contribution in [3.8, 4) is 0 Å². The normalized spacial score (nSPS) is 10.5. The number of hydrogen-bond donors (Lipinski definition) is 1. The molecule has 0 spiro atoms. The first-order valence-corrected chi connectivity index (χ1v) is 4.59. The monoisotopic (exact) mass is 224 g/mol. The van der Waals surface area contributed by atoms with Crippen LogP contribution in [0.5, 0.6) is 0 Å². The van der Waals surface area contributed by atoms with Gasteiger partial charge < -0.3 is 5.11 Å². The van der Waals surface area contributed by atoms with E-state index in [1.807, 2.05) is 0 Å². The number of carboxylic acids is 1. The molecule has 0 atom stereocenters. The molecule has 2 rings (SSSR count). The van der Waals surface area contributed by atoms with E-state index in [1.165, 1.54) is 18.2 Å². The van der Waals surface area contributed by atoms with E-state index < -0.39 is 11.8 Å². The second-order valence-electron chi connectivity index (χ2n) is 3.06. The van der Waals surface area contributed by atoms with Gasteiger partial charge in [-0.05, 0) is 18.2 Å². The van der Waals surface area contributed by atoms with Crippen molar-refractivity contribution in [3.63, 3.8) is 0 Å². The van der Waals surface area contributed by atoms with Crippen LogP contribution in [-0.4, -0.2) is 11.1 Å². The maximum atomic E-state index is 13.4. The molecule has 0 aliphatic carbocycles. The van der Waals surface area contributed by atoms with E-state index in [4.69, 9.17) is 16.7 Å². The van der Waals surface area contributed by atoms with Crippen LogP contribution >= 0.6 is 11.6 Å². The smallest absolute Gasteiger partial charge is 0.336 e. The molecule has 15 heavy (non-hydrogen) atoms. The second kappa shape index (κ2) is 3.51. The van der Waals surface area contributed by atoms with Crippen molar-refractivity contribution in [2.45, 2.75) is 0 Å². The molecule has 76 valence electrons. The third-order valence-electron chi connectivity index (χ3n) is 2.17. The number of fused-ring (bicyclic) bond motifs is 1. The Hall–Kier alpha value is -1.61. The minimum Gasteiger partial charge on any atom is -0.478 e. The van der Waals surface area contributed by atoms with Crippen LogP contribution in [0.25, 0.3) is 10.8 Å². The van der Waals surface area contributed by atoms with Crippen LogP contribution in [0.15, 0.2) is 30.3 Å². The highest BCUT2D eigenvalue weighted by Crippen LogP contribution is 2.28. The quantitative estimate of drug-likeness (QED) is 0.807. The summed E-state index contributed by atoms with van der Waals surface area (Å²) >= 11 is 5.81. The van der Waals surface area contributed by atoms with Crippen LogP contribution in [0.4, 0.5) is 4.39 Å². The molecule has 2 aromatic rings. The van der Waals surface area contributed by atoms with Gasteiger partial charge in [0.25, 0.3) is 0 Å². The van der Waals surface area contributed by atoms with Crippen molar-refractivity contribution in [1.82, 2.24) is 0 Å². The number of benzene rings is 2. The minimum atomic E-state index is -1.10. The van der Waals surface area contributed by atoms with Gasteiger partial charge in [-0.15, -0.1) is 0 Å². The molecule has 2 aromatic carbocycles. The van der Waals surface area contributed by atoms with Crippen molar-refractivity contribution in [2.24, 2.45) is 0 Å². The van der Waals surface area contributed by atoms with Crippen molar-refractivity contribution < 1.29 is 14.3 Å². The van der Waals surface area contributed by atoms with Crippen molar-refractivity contribution in [2.75, 3.05) is 0 Å². The van der Waals surface area contributed by atoms with Crippen molar-refractivity contribution >= 4 is 28.3 Å². The lowest BCUT2D eigenvalue weighted by Crippen LogP contribution is -1.98. The number of hydrogen-bond acceptors (Lipinski definition) is 1. The Kier molecular flexibility index (Phi) is 2.32. The first-order chi connectivity index (χ1) is 7.11. The Balaban J connectivity index is 2.95. The molecule has 0 heterocycles. The summed E-state index contributed by atoms with van der Waals surface area (Å²) in [7, 11) is 0. The topological polar surface area (TPSA) is 37.3 Å². The molecule has 0 saturated carbocycles. The molecule has 0 aromatic heterocycles. The predicted molar refractivity (Wildman–Crippen MR) is 55.9 cm³/mol. The molecule has 0 aliphatic rings. The largest absolute Gasteiger partial charge is 0.478 e. The van der Waals surface area contributed by atoms with Gasteiger partial charge >= 0.3 is 5.97 Å². The molecule has 4 heteroatoms. The average molecular weight is 225 g/mol. The van der Waals surface area contributed by atoms with Crippen LogP contribution in [0.3, 0.4) is 0 Å². The van der Waals surface area contributed by atoms with Crippen LogP contribution < -0.4 is 0 Å². The lowest BCUT2D eigenvalue weighted by molar-refractivity contribution is 0.0699. The van der Waals surface area contributed by atoms with Crippen LogP contribution in [0.2, 0.25) is 5.02 Å². The summed E-state index contributed by atoms with van der Waals surface area (Å²) in [6.07, 6.45) is 0. The number of halogens is 2. The van der Waals surface area contributed by atoms with Crippen molar-refractivity contribution in [3.05, 3.63) is 46.7 Å². The SMILES string of the molecule is O=C(O)c1ccc(F)c2c(Cl)cccc12. The number of carboxylic acid groups (broad SMARTS) is 1. The Morgan fingerprint density at radius 2 is 2.00 bits per heavy atom. The summed E-state index contributed by atoms with van der Waals surface area (Å²) in [6.45, 7) is 0. The van der Waals surface area contributed by atoms with Gasteiger partial charge in [-0.1, -0.05) is 23.7 Å². The summed E-state index contributed by atoms with van der Waals surface area (Å²) in [6, 6.07) is 7.00. The van der Waals surface area contributed by atoms with E-state index in [-0.39, 0.29) is 16.0 Å². The maximum absolute atomic E-state index is 13.4. The lowest BCUT2D eigenvalue weighted by atomic mass is 10.0. The zero-order valence-electron chi connectivity index (χ0n) is 7.50. The van der Waals surface area contributed by atoms with E-state index in [0.29, 0.717) is 5.39 Å². The van der Waals surface area contributed by atoms with Crippen LogP contribution in [0.1, 0.15) is 10.4 Å². The van der Waals surface area contributed by atoms with Gasteiger partial charge in [-0.2, -0.15) is 0 Å².